The molecule has 1 aliphatic rings. The summed E-state index contributed by atoms with van der Waals surface area (Å²) >= 11 is 0. The fourth-order valence-electron chi connectivity index (χ4n) is 4.86. The van der Waals surface area contributed by atoms with Crippen molar-refractivity contribution in [3.63, 3.8) is 0 Å². The number of carbonyl (C=O) groups is 1. The Balaban J connectivity index is 1.49. The number of amides is 1. The predicted octanol–water partition coefficient (Wildman–Crippen LogP) is 5.78. The van der Waals surface area contributed by atoms with Crippen molar-refractivity contribution >= 4 is 32.7 Å². The molecule has 236 valence electrons. The standard InChI is InChI=1S/C31H38FN5O6S/c1-6-20(2)44(40,41)35-27-10-8-25(32)28(24(27)18-33)42-22-7-9-26-23(17-22)29(38)37(19-34-26)16-13-21-11-14-36(15-12-21)30(39)43-31(3,4)5/h7-10,17,19-21,35H,6,11-16H2,1-5H3. The van der Waals surface area contributed by atoms with Crippen molar-refractivity contribution < 1.29 is 27.1 Å². The third kappa shape index (κ3) is 7.66. The van der Waals surface area contributed by atoms with Crippen molar-refractivity contribution in [1.82, 2.24) is 14.5 Å². The zero-order chi connectivity index (χ0) is 32.2. The van der Waals surface area contributed by atoms with Gasteiger partial charge in [0.1, 0.15) is 23.0 Å². The number of piperidine rings is 1. The number of nitriles is 1. The Morgan fingerprint density at radius 3 is 2.57 bits per heavy atom. The van der Waals surface area contributed by atoms with E-state index >= 15 is 0 Å². The second-order valence-corrected chi connectivity index (χ2v) is 14.1. The van der Waals surface area contributed by atoms with Crippen molar-refractivity contribution in [3.05, 3.63) is 58.4 Å². The van der Waals surface area contributed by atoms with E-state index in [9.17, 15) is 27.7 Å². The van der Waals surface area contributed by atoms with Crippen molar-refractivity contribution in [2.45, 2.75) is 77.7 Å². The molecular weight excluding hydrogens is 589 g/mol. The number of aromatic nitrogens is 2. The number of carbonyl (C=O) groups excluding carboxylic acids is 1. The number of aryl methyl sites for hydroxylation is 1. The van der Waals surface area contributed by atoms with Crippen LogP contribution in [0.5, 0.6) is 11.5 Å². The lowest BCUT2D eigenvalue weighted by molar-refractivity contribution is 0.0179. The summed E-state index contributed by atoms with van der Waals surface area (Å²) in [7, 11) is -3.82. The Bertz CT molecular complexity index is 1740. The molecule has 1 aliphatic heterocycles. The van der Waals surface area contributed by atoms with E-state index in [1.54, 1.807) is 17.9 Å². The van der Waals surface area contributed by atoms with Gasteiger partial charge in [-0.15, -0.1) is 0 Å². The van der Waals surface area contributed by atoms with Gasteiger partial charge < -0.3 is 14.4 Å². The average molecular weight is 628 g/mol. The van der Waals surface area contributed by atoms with Crippen LogP contribution in [0.25, 0.3) is 10.9 Å². The monoisotopic (exact) mass is 627 g/mol. The molecule has 1 N–H and O–H groups in total. The lowest BCUT2D eigenvalue weighted by Crippen LogP contribution is -2.41. The molecule has 2 aromatic carbocycles. The van der Waals surface area contributed by atoms with Gasteiger partial charge in [0.05, 0.1) is 28.2 Å². The van der Waals surface area contributed by atoms with Crippen molar-refractivity contribution in [2.24, 2.45) is 5.92 Å². The van der Waals surface area contributed by atoms with Crippen LogP contribution in [0.2, 0.25) is 0 Å². The van der Waals surface area contributed by atoms with Crippen molar-refractivity contribution in [2.75, 3.05) is 17.8 Å². The highest BCUT2D eigenvalue weighted by molar-refractivity contribution is 7.93. The first-order chi connectivity index (χ1) is 20.7. The predicted molar refractivity (Wildman–Crippen MR) is 165 cm³/mol. The molecule has 3 aromatic rings. The van der Waals surface area contributed by atoms with Crippen molar-refractivity contribution in [1.29, 1.82) is 5.26 Å². The van der Waals surface area contributed by atoms with Gasteiger partial charge in [-0.25, -0.2) is 22.6 Å². The summed E-state index contributed by atoms with van der Waals surface area (Å²) in [6.07, 6.45) is 3.84. The number of hydrogen-bond donors (Lipinski definition) is 1. The summed E-state index contributed by atoms with van der Waals surface area (Å²) in [6.45, 7) is 10.4. The number of nitrogens with zero attached hydrogens (tertiary/aromatic N) is 4. The van der Waals surface area contributed by atoms with Crippen LogP contribution in [0, 0.1) is 23.1 Å². The number of likely N-dealkylation sites (tertiary alicyclic amines) is 1. The Morgan fingerprint density at radius 2 is 1.93 bits per heavy atom. The molecule has 11 nitrogen and oxygen atoms in total. The van der Waals surface area contributed by atoms with Gasteiger partial charge in [-0.1, -0.05) is 6.92 Å². The molecule has 2 heterocycles. The first kappa shape index (κ1) is 32.7. The maximum atomic E-state index is 14.9. The molecule has 1 amide bonds. The van der Waals surface area contributed by atoms with E-state index in [4.69, 9.17) is 9.47 Å². The molecule has 0 bridgehead atoms. The Labute approximate surface area is 256 Å². The quantitative estimate of drug-likeness (QED) is 0.315. The van der Waals surface area contributed by atoms with Gasteiger partial charge in [-0.2, -0.15) is 5.26 Å². The maximum Gasteiger partial charge on any atom is 0.410 e. The second kappa shape index (κ2) is 13.2. The smallest absolute Gasteiger partial charge is 0.410 e. The summed E-state index contributed by atoms with van der Waals surface area (Å²) < 4.78 is 55.1. The highest BCUT2D eigenvalue weighted by Gasteiger charge is 2.27. The van der Waals surface area contributed by atoms with E-state index in [-0.39, 0.29) is 34.0 Å². The van der Waals surface area contributed by atoms with Gasteiger partial charge in [-0.3, -0.25) is 14.1 Å². The van der Waals surface area contributed by atoms with Crippen LogP contribution in [0.4, 0.5) is 14.9 Å². The Morgan fingerprint density at radius 1 is 1.23 bits per heavy atom. The minimum Gasteiger partial charge on any atom is -0.453 e. The largest absolute Gasteiger partial charge is 0.453 e. The zero-order valence-corrected chi connectivity index (χ0v) is 26.4. The first-order valence-electron chi connectivity index (χ1n) is 14.6. The van der Waals surface area contributed by atoms with Crippen LogP contribution < -0.4 is 15.0 Å². The van der Waals surface area contributed by atoms with Crippen molar-refractivity contribution in [3.8, 4) is 17.6 Å². The van der Waals surface area contributed by atoms with E-state index < -0.39 is 32.4 Å². The molecule has 4 rings (SSSR count). The zero-order valence-electron chi connectivity index (χ0n) is 25.6. The lowest BCUT2D eigenvalue weighted by Gasteiger charge is -2.33. The summed E-state index contributed by atoms with van der Waals surface area (Å²) in [5, 5.41) is 9.29. The molecule has 0 saturated carbocycles. The normalized spacial score (nSPS) is 15.1. The fourth-order valence-corrected chi connectivity index (χ4v) is 5.97. The molecule has 1 fully saturated rings. The van der Waals surface area contributed by atoms with Gasteiger partial charge in [0.2, 0.25) is 10.0 Å². The number of fused-ring (bicyclic) bond motifs is 1. The van der Waals surface area contributed by atoms with E-state index in [1.165, 1.54) is 36.0 Å². The van der Waals surface area contributed by atoms with Crippen LogP contribution in [0.15, 0.2) is 41.5 Å². The third-order valence-electron chi connectivity index (χ3n) is 7.64. The lowest BCUT2D eigenvalue weighted by atomic mass is 9.94. The van der Waals surface area contributed by atoms with Gasteiger partial charge >= 0.3 is 6.09 Å². The van der Waals surface area contributed by atoms with E-state index in [2.05, 4.69) is 9.71 Å². The maximum absolute atomic E-state index is 14.9. The van der Waals surface area contributed by atoms with Crippen LogP contribution in [-0.2, 0) is 21.3 Å². The summed E-state index contributed by atoms with van der Waals surface area (Å²) in [4.78, 5) is 31.8. The van der Waals surface area contributed by atoms with Gasteiger partial charge in [-0.05, 0) is 89.6 Å². The van der Waals surface area contributed by atoms with E-state index in [0.29, 0.717) is 37.5 Å². The second-order valence-electron chi connectivity index (χ2n) is 12.0. The molecule has 1 unspecified atom stereocenters. The number of anilines is 1. The van der Waals surface area contributed by atoms with Gasteiger partial charge in [0.15, 0.2) is 11.6 Å². The molecule has 0 spiro atoms. The molecular formula is C31H38FN5O6S. The third-order valence-corrected chi connectivity index (χ3v) is 9.54. The van der Waals surface area contributed by atoms with Crippen LogP contribution >= 0.6 is 0 Å². The van der Waals surface area contributed by atoms with Gasteiger partial charge in [0, 0.05) is 19.6 Å². The molecule has 44 heavy (non-hydrogen) atoms. The fraction of sp³-hybridized carbons (Fsp3) is 0.484. The molecule has 1 saturated heterocycles. The summed E-state index contributed by atoms with van der Waals surface area (Å²) in [6, 6.07) is 8.49. The summed E-state index contributed by atoms with van der Waals surface area (Å²) in [5.41, 5.74) is -0.862. The number of sulfonamides is 1. The van der Waals surface area contributed by atoms with Crippen LogP contribution in [0.3, 0.4) is 0 Å². The number of nitrogens with one attached hydrogen (secondary N) is 1. The SMILES string of the molecule is CCC(C)S(=O)(=O)Nc1ccc(F)c(Oc2ccc3ncn(CCC4CCN(C(=O)OC(C)(C)C)CC4)c(=O)c3c2)c1C#N. The number of halogens is 1. The summed E-state index contributed by atoms with van der Waals surface area (Å²) in [5.74, 6) is -0.920. The number of benzene rings is 2. The first-order valence-corrected chi connectivity index (χ1v) is 16.2. The number of rotatable bonds is 9. The molecule has 1 atom stereocenters. The molecule has 1 aromatic heterocycles. The molecule has 0 aliphatic carbocycles. The van der Waals surface area contributed by atoms with Crippen LogP contribution in [0.1, 0.15) is 65.9 Å². The highest BCUT2D eigenvalue weighted by atomic mass is 32.2. The number of hydrogen-bond acceptors (Lipinski definition) is 8. The minimum atomic E-state index is -3.82. The Hall–Kier alpha value is -4.18. The molecule has 13 heteroatoms. The highest BCUT2D eigenvalue weighted by Crippen LogP contribution is 2.34. The average Bonchev–Trinajstić information content (AvgIpc) is 2.97. The molecule has 0 radical (unpaired) electrons. The van der Waals surface area contributed by atoms with E-state index in [1.807, 2.05) is 26.8 Å². The topological polar surface area (TPSA) is 144 Å². The van der Waals surface area contributed by atoms with Crippen LogP contribution in [-0.4, -0.2) is 52.9 Å². The Kier molecular flexibility index (Phi) is 9.83. The number of ether oxygens (including phenoxy) is 2. The van der Waals surface area contributed by atoms with Gasteiger partial charge in [0.25, 0.3) is 5.56 Å². The minimum absolute atomic E-state index is 0.0843. The van der Waals surface area contributed by atoms with E-state index in [0.717, 1.165) is 25.3 Å².